The van der Waals surface area contributed by atoms with Crippen molar-refractivity contribution in [2.75, 3.05) is 13.7 Å². The van der Waals surface area contributed by atoms with Crippen LogP contribution in [0.25, 0.3) is 0 Å². The number of methoxy groups -OCH3 is 1. The van der Waals surface area contributed by atoms with Gasteiger partial charge in [0.2, 0.25) is 5.91 Å². The predicted molar refractivity (Wildman–Crippen MR) is 72.5 cm³/mol. The molecule has 4 nitrogen and oxygen atoms in total. The third-order valence-electron chi connectivity index (χ3n) is 3.13. The van der Waals surface area contributed by atoms with E-state index in [1.54, 1.807) is 26.0 Å². The molecule has 19 heavy (non-hydrogen) atoms. The van der Waals surface area contributed by atoms with E-state index in [1.807, 2.05) is 0 Å². The van der Waals surface area contributed by atoms with Gasteiger partial charge in [-0.3, -0.25) is 4.79 Å². The van der Waals surface area contributed by atoms with Gasteiger partial charge in [0.05, 0.1) is 7.11 Å². The molecule has 1 amide bonds. The van der Waals surface area contributed by atoms with Crippen LogP contribution in [0, 0.1) is 11.7 Å². The molecule has 0 aliphatic heterocycles. The number of benzene rings is 1. The number of hydrogen-bond acceptors (Lipinski definition) is 3. The lowest BCUT2D eigenvalue weighted by Gasteiger charge is -2.15. The number of carbonyl (C=O) groups excluding carboxylic acids is 1. The Morgan fingerprint density at radius 3 is 2.68 bits per heavy atom. The summed E-state index contributed by atoms with van der Waals surface area (Å²) in [6.07, 6.45) is 0.568. The SMILES string of the molecule is COc1ccc(CCNC(=O)C(C)C(C)N)cc1F. The summed E-state index contributed by atoms with van der Waals surface area (Å²) in [4.78, 5) is 11.7. The van der Waals surface area contributed by atoms with E-state index in [-0.39, 0.29) is 23.6 Å². The molecule has 1 aromatic rings. The Bertz CT molecular complexity index is 435. The maximum absolute atomic E-state index is 13.4. The number of nitrogens with two attached hydrogens (primary N) is 1. The number of halogens is 1. The average molecular weight is 268 g/mol. The Labute approximate surface area is 113 Å². The predicted octanol–water partition coefficient (Wildman–Crippen LogP) is 1.48. The van der Waals surface area contributed by atoms with Crippen molar-refractivity contribution in [1.29, 1.82) is 0 Å². The monoisotopic (exact) mass is 268 g/mol. The van der Waals surface area contributed by atoms with Crippen LogP contribution in [0.4, 0.5) is 4.39 Å². The zero-order valence-corrected chi connectivity index (χ0v) is 11.6. The van der Waals surface area contributed by atoms with Crippen LogP contribution in [0.1, 0.15) is 19.4 Å². The Hall–Kier alpha value is -1.62. The highest BCUT2D eigenvalue weighted by Gasteiger charge is 2.16. The van der Waals surface area contributed by atoms with E-state index < -0.39 is 5.82 Å². The molecule has 0 saturated heterocycles. The van der Waals surface area contributed by atoms with Crippen molar-refractivity contribution in [2.45, 2.75) is 26.3 Å². The smallest absolute Gasteiger partial charge is 0.224 e. The van der Waals surface area contributed by atoms with E-state index in [9.17, 15) is 9.18 Å². The highest BCUT2D eigenvalue weighted by atomic mass is 19.1. The fourth-order valence-electron chi connectivity index (χ4n) is 1.60. The van der Waals surface area contributed by atoms with Crippen LogP contribution in [-0.4, -0.2) is 25.6 Å². The van der Waals surface area contributed by atoms with Gasteiger partial charge in [-0.2, -0.15) is 0 Å². The van der Waals surface area contributed by atoms with Gasteiger partial charge in [0.1, 0.15) is 0 Å². The Morgan fingerprint density at radius 1 is 1.47 bits per heavy atom. The van der Waals surface area contributed by atoms with Crippen LogP contribution in [0.2, 0.25) is 0 Å². The van der Waals surface area contributed by atoms with Crippen molar-refractivity contribution < 1.29 is 13.9 Å². The van der Waals surface area contributed by atoms with Gasteiger partial charge in [0.25, 0.3) is 0 Å². The first-order valence-corrected chi connectivity index (χ1v) is 6.31. The molecule has 0 spiro atoms. The fourth-order valence-corrected chi connectivity index (χ4v) is 1.60. The largest absolute Gasteiger partial charge is 0.494 e. The highest BCUT2D eigenvalue weighted by Crippen LogP contribution is 2.17. The van der Waals surface area contributed by atoms with Crippen LogP contribution in [0.3, 0.4) is 0 Å². The number of nitrogens with one attached hydrogen (secondary N) is 1. The molecule has 0 bridgehead atoms. The van der Waals surface area contributed by atoms with Gasteiger partial charge >= 0.3 is 0 Å². The lowest BCUT2D eigenvalue weighted by Crippen LogP contribution is -2.39. The van der Waals surface area contributed by atoms with E-state index in [0.29, 0.717) is 13.0 Å². The minimum absolute atomic E-state index is 0.0796. The molecule has 0 radical (unpaired) electrons. The number of amides is 1. The minimum Gasteiger partial charge on any atom is -0.494 e. The number of carbonyl (C=O) groups is 1. The summed E-state index contributed by atoms with van der Waals surface area (Å²) in [7, 11) is 1.42. The Balaban J connectivity index is 2.45. The van der Waals surface area contributed by atoms with Crippen molar-refractivity contribution in [3.05, 3.63) is 29.6 Å². The van der Waals surface area contributed by atoms with Crippen LogP contribution in [0.5, 0.6) is 5.75 Å². The van der Waals surface area contributed by atoms with Gasteiger partial charge in [-0.25, -0.2) is 4.39 Å². The second-order valence-corrected chi connectivity index (χ2v) is 4.66. The first kappa shape index (κ1) is 15.4. The van der Waals surface area contributed by atoms with Gasteiger partial charge in [0.15, 0.2) is 11.6 Å². The van der Waals surface area contributed by atoms with Gasteiger partial charge in [-0.1, -0.05) is 13.0 Å². The summed E-state index contributed by atoms with van der Waals surface area (Å²) in [6.45, 7) is 4.04. The lowest BCUT2D eigenvalue weighted by molar-refractivity contribution is -0.124. The van der Waals surface area contributed by atoms with Crippen molar-refractivity contribution in [2.24, 2.45) is 11.7 Å². The number of ether oxygens (including phenoxy) is 1. The Morgan fingerprint density at radius 2 is 2.16 bits per heavy atom. The molecule has 0 saturated carbocycles. The molecule has 0 aromatic heterocycles. The molecule has 0 heterocycles. The highest BCUT2D eigenvalue weighted by molar-refractivity contribution is 5.78. The van der Waals surface area contributed by atoms with Crippen molar-refractivity contribution in [3.8, 4) is 5.75 Å². The molecule has 1 aromatic carbocycles. The summed E-state index contributed by atoms with van der Waals surface area (Å²) < 4.78 is 18.3. The molecule has 106 valence electrons. The summed E-state index contributed by atoms with van der Waals surface area (Å²) in [6, 6.07) is 4.60. The van der Waals surface area contributed by atoms with Gasteiger partial charge in [0, 0.05) is 18.5 Å². The topological polar surface area (TPSA) is 64.3 Å². The van der Waals surface area contributed by atoms with Gasteiger partial charge in [-0.15, -0.1) is 0 Å². The Kier molecular flexibility index (Phi) is 5.76. The minimum atomic E-state index is -0.393. The molecular weight excluding hydrogens is 247 g/mol. The molecule has 1 rings (SSSR count). The fraction of sp³-hybridized carbons (Fsp3) is 0.500. The molecular formula is C14H21FN2O2. The molecule has 3 N–H and O–H groups in total. The van der Waals surface area contributed by atoms with Gasteiger partial charge in [-0.05, 0) is 31.0 Å². The third-order valence-corrected chi connectivity index (χ3v) is 3.13. The van der Waals surface area contributed by atoms with Crippen LogP contribution in [-0.2, 0) is 11.2 Å². The molecule has 0 aliphatic carbocycles. The molecule has 0 fully saturated rings. The molecule has 2 atom stereocenters. The van der Waals surface area contributed by atoms with E-state index in [0.717, 1.165) is 5.56 Å². The standard InChI is InChI=1S/C14H21FN2O2/c1-9(10(2)16)14(18)17-7-6-11-4-5-13(19-3)12(15)8-11/h4-5,8-10H,6-7,16H2,1-3H3,(H,17,18). The zero-order chi connectivity index (χ0) is 14.4. The summed E-state index contributed by atoms with van der Waals surface area (Å²) in [5.74, 6) is -0.481. The van der Waals surface area contributed by atoms with Gasteiger partial charge < -0.3 is 15.8 Å². The molecule has 0 aliphatic rings. The zero-order valence-electron chi connectivity index (χ0n) is 11.6. The average Bonchev–Trinajstić information content (AvgIpc) is 2.37. The first-order chi connectivity index (χ1) is 8.95. The van der Waals surface area contributed by atoms with E-state index in [4.69, 9.17) is 10.5 Å². The van der Waals surface area contributed by atoms with Crippen LogP contribution < -0.4 is 15.8 Å². The van der Waals surface area contributed by atoms with E-state index in [2.05, 4.69) is 5.32 Å². The van der Waals surface area contributed by atoms with Crippen molar-refractivity contribution >= 4 is 5.91 Å². The normalized spacial score (nSPS) is 13.7. The third kappa shape index (κ3) is 4.52. The second-order valence-electron chi connectivity index (χ2n) is 4.66. The molecule has 5 heteroatoms. The quantitative estimate of drug-likeness (QED) is 0.821. The van der Waals surface area contributed by atoms with E-state index in [1.165, 1.54) is 13.2 Å². The summed E-state index contributed by atoms with van der Waals surface area (Å²) in [5.41, 5.74) is 6.46. The lowest BCUT2D eigenvalue weighted by atomic mass is 10.0. The van der Waals surface area contributed by atoms with Crippen LogP contribution >= 0.6 is 0 Å². The van der Waals surface area contributed by atoms with E-state index >= 15 is 0 Å². The summed E-state index contributed by atoms with van der Waals surface area (Å²) in [5, 5.41) is 2.79. The maximum Gasteiger partial charge on any atom is 0.224 e. The molecule has 2 unspecified atom stereocenters. The summed E-state index contributed by atoms with van der Waals surface area (Å²) >= 11 is 0. The first-order valence-electron chi connectivity index (χ1n) is 6.31. The van der Waals surface area contributed by atoms with Crippen molar-refractivity contribution in [3.63, 3.8) is 0 Å². The number of rotatable bonds is 6. The van der Waals surface area contributed by atoms with Crippen LogP contribution in [0.15, 0.2) is 18.2 Å². The maximum atomic E-state index is 13.4. The van der Waals surface area contributed by atoms with Crippen molar-refractivity contribution in [1.82, 2.24) is 5.32 Å². The number of hydrogen-bond donors (Lipinski definition) is 2. The second kappa shape index (κ2) is 7.09.